The van der Waals surface area contributed by atoms with Crippen molar-refractivity contribution in [1.82, 2.24) is 10.3 Å². The van der Waals surface area contributed by atoms with Crippen molar-refractivity contribution < 1.29 is 17.6 Å². The summed E-state index contributed by atoms with van der Waals surface area (Å²) in [6.07, 6.45) is 3.00. The van der Waals surface area contributed by atoms with Gasteiger partial charge in [-0.05, 0) is 60.9 Å². The van der Waals surface area contributed by atoms with Gasteiger partial charge in [-0.25, -0.2) is 12.8 Å². The van der Waals surface area contributed by atoms with Crippen LogP contribution in [0.3, 0.4) is 0 Å². The first-order chi connectivity index (χ1) is 13.8. The second-order valence-corrected chi connectivity index (χ2v) is 8.89. The highest BCUT2D eigenvalue weighted by molar-refractivity contribution is 7.91. The predicted octanol–water partition coefficient (Wildman–Crippen LogP) is 3.78. The van der Waals surface area contributed by atoms with E-state index in [9.17, 15) is 17.6 Å². The summed E-state index contributed by atoms with van der Waals surface area (Å²) in [4.78, 5) is 16.6. The SMILES string of the molecule is Cc1ccc(S(=O)(=O)[C@H](CNC(=O)c2ccccc2F)c2cccnc2)cc1C. The molecule has 0 fully saturated rings. The molecule has 0 saturated carbocycles. The summed E-state index contributed by atoms with van der Waals surface area (Å²) in [5.74, 6) is -1.34. The van der Waals surface area contributed by atoms with Gasteiger partial charge >= 0.3 is 0 Å². The first-order valence-electron chi connectivity index (χ1n) is 9.04. The number of hydrogen-bond acceptors (Lipinski definition) is 4. The van der Waals surface area contributed by atoms with Crippen LogP contribution in [0.2, 0.25) is 0 Å². The van der Waals surface area contributed by atoms with Crippen LogP contribution < -0.4 is 5.32 Å². The molecule has 7 heteroatoms. The van der Waals surface area contributed by atoms with Gasteiger partial charge in [0.15, 0.2) is 9.84 Å². The van der Waals surface area contributed by atoms with E-state index in [0.717, 1.165) is 11.1 Å². The lowest BCUT2D eigenvalue weighted by Gasteiger charge is -2.19. The zero-order chi connectivity index (χ0) is 21.0. The molecule has 1 amide bonds. The highest BCUT2D eigenvalue weighted by Crippen LogP contribution is 2.29. The van der Waals surface area contributed by atoms with Crippen LogP contribution >= 0.6 is 0 Å². The number of benzene rings is 2. The molecule has 1 N–H and O–H groups in total. The minimum atomic E-state index is -3.83. The average molecular weight is 412 g/mol. The number of nitrogens with zero attached hydrogens (tertiary/aromatic N) is 1. The Bertz CT molecular complexity index is 1130. The largest absolute Gasteiger partial charge is 0.350 e. The van der Waals surface area contributed by atoms with Crippen LogP contribution in [0, 0.1) is 19.7 Å². The van der Waals surface area contributed by atoms with E-state index < -0.39 is 26.8 Å². The second-order valence-electron chi connectivity index (χ2n) is 6.76. The number of aryl methyl sites for hydroxylation is 2. The number of carbonyl (C=O) groups excluding carboxylic acids is 1. The number of sulfone groups is 1. The molecule has 5 nitrogen and oxygen atoms in total. The first kappa shape index (κ1) is 20.7. The molecule has 3 aromatic rings. The van der Waals surface area contributed by atoms with Gasteiger partial charge in [0.2, 0.25) is 0 Å². The normalized spacial score (nSPS) is 12.4. The Morgan fingerprint density at radius 2 is 1.83 bits per heavy atom. The third-order valence-corrected chi connectivity index (χ3v) is 6.90. The molecule has 0 aliphatic carbocycles. The van der Waals surface area contributed by atoms with Crippen LogP contribution in [0.4, 0.5) is 4.39 Å². The first-order valence-corrected chi connectivity index (χ1v) is 10.6. The van der Waals surface area contributed by atoms with Crippen LogP contribution in [0.15, 0.2) is 71.9 Å². The van der Waals surface area contributed by atoms with Gasteiger partial charge in [0, 0.05) is 18.9 Å². The van der Waals surface area contributed by atoms with Gasteiger partial charge in [-0.1, -0.05) is 24.3 Å². The van der Waals surface area contributed by atoms with Gasteiger partial charge in [-0.15, -0.1) is 0 Å². The molecule has 1 aromatic heterocycles. The summed E-state index contributed by atoms with van der Waals surface area (Å²) in [5, 5.41) is 1.49. The zero-order valence-electron chi connectivity index (χ0n) is 16.1. The summed E-state index contributed by atoms with van der Waals surface area (Å²) in [5.41, 5.74) is 2.14. The molecule has 2 aromatic carbocycles. The van der Waals surface area contributed by atoms with E-state index >= 15 is 0 Å². The van der Waals surface area contributed by atoms with Crippen LogP contribution in [-0.2, 0) is 9.84 Å². The maximum absolute atomic E-state index is 13.9. The zero-order valence-corrected chi connectivity index (χ0v) is 16.9. The van der Waals surface area contributed by atoms with E-state index in [1.54, 1.807) is 42.6 Å². The van der Waals surface area contributed by atoms with Crippen molar-refractivity contribution in [2.75, 3.05) is 6.54 Å². The molecule has 3 rings (SSSR count). The highest BCUT2D eigenvalue weighted by Gasteiger charge is 2.30. The smallest absolute Gasteiger partial charge is 0.254 e. The molecular formula is C22H21FN2O3S. The Hall–Kier alpha value is -3.06. The second kappa shape index (κ2) is 8.53. The van der Waals surface area contributed by atoms with Crippen LogP contribution in [0.5, 0.6) is 0 Å². The van der Waals surface area contributed by atoms with Gasteiger partial charge in [-0.3, -0.25) is 9.78 Å². The Morgan fingerprint density at radius 3 is 2.48 bits per heavy atom. The molecule has 1 heterocycles. The topological polar surface area (TPSA) is 76.1 Å². The third-order valence-electron chi connectivity index (χ3n) is 4.80. The predicted molar refractivity (Wildman–Crippen MR) is 109 cm³/mol. The Balaban J connectivity index is 1.94. The summed E-state index contributed by atoms with van der Waals surface area (Å²) < 4.78 is 40.6. The Kier molecular flexibility index (Phi) is 6.08. The van der Waals surface area contributed by atoms with Crippen molar-refractivity contribution in [2.45, 2.75) is 24.0 Å². The van der Waals surface area contributed by atoms with Crippen molar-refractivity contribution in [2.24, 2.45) is 0 Å². The molecule has 0 saturated heterocycles. The van der Waals surface area contributed by atoms with Crippen molar-refractivity contribution >= 4 is 15.7 Å². The average Bonchev–Trinajstić information content (AvgIpc) is 2.71. The van der Waals surface area contributed by atoms with E-state index in [2.05, 4.69) is 10.3 Å². The van der Waals surface area contributed by atoms with Crippen LogP contribution in [0.1, 0.15) is 32.3 Å². The van der Waals surface area contributed by atoms with Gasteiger partial charge in [-0.2, -0.15) is 0 Å². The lowest BCUT2D eigenvalue weighted by molar-refractivity contribution is 0.0949. The van der Waals surface area contributed by atoms with Crippen LogP contribution in [-0.4, -0.2) is 25.9 Å². The van der Waals surface area contributed by atoms with E-state index in [4.69, 9.17) is 0 Å². The van der Waals surface area contributed by atoms with Gasteiger partial charge < -0.3 is 5.32 Å². The third kappa shape index (κ3) is 4.51. The number of rotatable bonds is 6. The molecule has 1 atom stereocenters. The van der Waals surface area contributed by atoms with E-state index in [1.807, 2.05) is 13.8 Å². The van der Waals surface area contributed by atoms with Crippen molar-refractivity contribution in [3.8, 4) is 0 Å². The summed E-state index contributed by atoms with van der Waals surface area (Å²) in [7, 11) is -3.83. The number of carbonyl (C=O) groups is 1. The number of nitrogens with one attached hydrogen (secondary N) is 1. The fourth-order valence-corrected chi connectivity index (χ4v) is 4.68. The molecule has 0 aliphatic rings. The molecule has 29 heavy (non-hydrogen) atoms. The standard InChI is InChI=1S/C22H21FN2O3S/c1-15-9-10-18(12-16(15)2)29(27,28)21(17-6-5-11-24-13-17)14-25-22(26)19-7-3-4-8-20(19)23/h3-13,21H,14H2,1-2H3,(H,25,26)/t21-/m1/s1. The molecule has 0 radical (unpaired) electrons. The molecule has 0 bridgehead atoms. The maximum atomic E-state index is 13.9. The quantitative estimate of drug-likeness (QED) is 0.668. The minimum absolute atomic E-state index is 0.138. The molecule has 0 spiro atoms. The van der Waals surface area contributed by atoms with Crippen molar-refractivity contribution in [1.29, 1.82) is 0 Å². The summed E-state index contributed by atoms with van der Waals surface area (Å²) >= 11 is 0. The number of hydrogen-bond donors (Lipinski definition) is 1. The van der Waals surface area contributed by atoms with E-state index in [0.29, 0.717) is 5.56 Å². The lowest BCUT2D eigenvalue weighted by Crippen LogP contribution is -2.32. The Labute approximate surface area is 169 Å². The number of pyridine rings is 1. The van der Waals surface area contributed by atoms with Gasteiger partial charge in [0.05, 0.1) is 10.5 Å². The lowest BCUT2D eigenvalue weighted by atomic mass is 10.1. The fraction of sp³-hybridized carbons (Fsp3) is 0.182. The number of aromatic nitrogens is 1. The van der Waals surface area contributed by atoms with Crippen molar-refractivity contribution in [3.63, 3.8) is 0 Å². The molecular weight excluding hydrogens is 391 g/mol. The van der Waals surface area contributed by atoms with Crippen molar-refractivity contribution in [3.05, 3.63) is 95.1 Å². The Morgan fingerprint density at radius 1 is 1.07 bits per heavy atom. The molecule has 0 aliphatic heterocycles. The van der Waals surface area contributed by atoms with Gasteiger partial charge in [0.25, 0.3) is 5.91 Å². The van der Waals surface area contributed by atoms with Crippen LogP contribution in [0.25, 0.3) is 0 Å². The summed E-state index contributed by atoms with van der Waals surface area (Å²) in [6.45, 7) is 3.53. The molecule has 0 unspecified atom stereocenters. The molecule has 150 valence electrons. The number of halogens is 1. The van der Waals surface area contributed by atoms with E-state index in [-0.39, 0.29) is 17.0 Å². The number of amides is 1. The van der Waals surface area contributed by atoms with E-state index in [1.165, 1.54) is 24.4 Å². The highest BCUT2D eigenvalue weighted by atomic mass is 32.2. The minimum Gasteiger partial charge on any atom is -0.350 e. The maximum Gasteiger partial charge on any atom is 0.254 e. The monoisotopic (exact) mass is 412 g/mol. The van der Waals surface area contributed by atoms with Gasteiger partial charge in [0.1, 0.15) is 11.1 Å². The fourth-order valence-electron chi connectivity index (χ4n) is 2.95. The summed E-state index contributed by atoms with van der Waals surface area (Å²) in [6, 6.07) is 13.8.